The molecule has 0 saturated heterocycles. The normalized spacial score (nSPS) is 7.35. The van der Waals surface area contributed by atoms with E-state index < -0.39 is 0 Å². The lowest BCUT2D eigenvalue weighted by Crippen LogP contribution is -2.04. The second-order valence-corrected chi connectivity index (χ2v) is 3.88. The lowest BCUT2D eigenvalue weighted by atomic mass is 10.2. The number of hydrogen-bond donors (Lipinski definition) is 1. The molecule has 1 rings (SSSR count). The van der Waals surface area contributed by atoms with E-state index in [0.717, 1.165) is 12.1 Å². The molecular weight excluding hydrogens is 317 g/mol. The molecular formula is C17H35BrFN. The molecule has 0 aliphatic heterocycles. The molecule has 0 aromatic heterocycles. The smallest absolute Gasteiger partial charge is 0.137 e. The first-order valence-electron chi connectivity index (χ1n) is 7.68. The van der Waals surface area contributed by atoms with Crippen LogP contribution in [0.4, 0.5) is 4.39 Å². The summed E-state index contributed by atoms with van der Waals surface area (Å²) in [6.07, 6.45) is 1.23. The summed E-state index contributed by atoms with van der Waals surface area (Å²) in [5.41, 5.74) is 0.940. The Bertz CT molecular complexity index is 263. The molecule has 1 aromatic rings. The lowest BCUT2D eigenvalue weighted by molar-refractivity contribution is 0.620. The first kappa shape index (κ1) is 27.9. The molecule has 122 valence electrons. The first-order valence-corrected chi connectivity index (χ1v) is 8.47. The standard InChI is InChI=1S/C7H6BrF.C4H11N.3C2H6/c1-5-2-3-6(8)7(9)4-5;1-3-4-5-2;3*1-2/h2-4H,1H3;5H,3-4H2,1-2H3;3*1-2H3. The van der Waals surface area contributed by atoms with Gasteiger partial charge in [0.1, 0.15) is 5.82 Å². The molecule has 1 nitrogen and oxygen atoms in total. The zero-order chi connectivity index (χ0) is 17.0. The molecule has 0 fully saturated rings. The zero-order valence-electron chi connectivity index (χ0n) is 14.9. The molecule has 0 amide bonds. The Kier molecular flexibility index (Phi) is 37.6. The number of rotatable bonds is 2. The maximum atomic E-state index is 12.5. The van der Waals surface area contributed by atoms with Crippen molar-refractivity contribution >= 4 is 15.9 Å². The number of nitrogens with one attached hydrogen (secondary N) is 1. The van der Waals surface area contributed by atoms with Gasteiger partial charge in [0.05, 0.1) is 4.47 Å². The number of hydrogen-bond acceptors (Lipinski definition) is 1. The van der Waals surface area contributed by atoms with Gasteiger partial charge in [-0.3, -0.25) is 0 Å². The number of aryl methyl sites for hydroxylation is 1. The summed E-state index contributed by atoms with van der Waals surface area (Å²) in [4.78, 5) is 0. The summed E-state index contributed by atoms with van der Waals surface area (Å²) in [6, 6.07) is 5.04. The predicted molar refractivity (Wildman–Crippen MR) is 97.1 cm³/mol. The van der Waals surface area contributed by atoms with Gasteiger partial charge in [-0.1, -0.05) is 54.5 Å². The fourth-order valence-electron chi connectivity index (χ4n) is 0.851. The Morgan fingerprint density at radius 1 is 1.05 bits per heavy atom. The van der Waals surface area contributed by atoms with E-state index in [1.807, 2.05) is 61.6 Å². The topological polar surface area (TPSA) is 12.0 Å². The molecule has 0 heterocycles. The fraction of sp³-hybridized carbons (Fsp3) is 0.647. The Balaban J connectivity index is -0.000000100. The number of halogens is 2. The van der Waals surface area contributed by atoms with Crippen LogP contribution in [0.5, 0.6) is 0 Å². The maximum absolute atomic E-state index is 12.5. The first-order chi connectivity index (χ1) is 9.61. The average molecular weight is 352 g/mol. The molecule has 3 heteroatoms. The van der Waals surface area contributed by atoms with Crippen LogP contribution in [-0.4, -0.2) is 13.6 Å². The van der Waals surface area contributed by atoms with Crippen molar-refractivity contribution in [3.8, 4) is 0 Å². The SMILES string of the molecule is CC.CC.CC.CCCNC.Cc1ccc(Br)c(F)c1. The predicted octanol–water partition coefficient (Wildman–Crippen LogP) is 6.59. The molecule has 0 radical (unpaired) electrons. The van der Waals surface area contributed by atoms with Gasteiger partial charge in [-0.05, 0) is 60.6 Å². The monoisotopic (exact) mass is 351 g/mol. The maximum Gasteiger partial charge on any atom is 0.137 e. The van der Waals surface area contributed by atoms with Gasteiger partial charge in [-0.15, -0.1) is 0 Å². The second kappa shape index (κ2) is 27.0. The second-order valence-electron chi connectivity index (χ2n) is 3.02. The highest BCUT2D eigenvalue weighted by Gasteiger charge is 1.95. The lowest BCUT2D eigenvalue weighted by Gasteiger charge is -1.93. The van der Waals surface area contributed by atoms with Crippen molar-refractivity contribution in [2.45, 2.75) is 61.8 Å². The van der Waals surface area contributed by atoms with Crippen LogP contribution in [0.2, 0.25) is 0 Å². The third kappa shape index (κ3) is 22.7. The van der Waals surface area contributed by atoms with Crippen LogP contribution in [0.3, 0.4) is 0 Å². The van der Waals surface area contributed by atoms with E-state index in [9.17, 15) is 4.39 Å². The van der Waals surface area contributed by atoms with E-state index in [-0.39, 0.29) is 5.82 Å². The summed E-state index contributed by atoms with van der Waals surface area (Å²) < 4.78 is 13.1. The molecule has 0 aliphatic carbocycles. The van der Waals surface area contributed by atoms with Crippen molar-refractivity contribution in [1.29, 1.82) is 0 Å². The quantitative estimate of drug-likeness (QED) is 0.633. The molecule has 0 saturated carbocycles. The van der Waals surface area contributed by atoms with E-state index in [2.05, 4.69) is 28.2 Å². The number of benzene rings is 1. The van der Waals surface area contributed by atoms with Crippen molar-refractivity contribution in [2.24, 2.45) is 0 Å². The summed E-state index contributed by atoms with van der Waals surface area (Å²) in [5, 5.41) is 3.02. The Morgan fingerprint density at radius 3 is 1.70 bits per heavy atom. The molecule has 20 heavy (non-hydrogen) atoms. The summed E-state index contributed by atoms with van der Waals surface area (Å²) in [5.74, 6) is -0.199. The molecule has 1 N–H and O–H groups in total. The minimum absolute atomic E-state index is 0.199. The van der Waals surface area contributed by atoms with Crippen LogP contribution < -0.4 is 5.32 Å². The minimum atomic E-state index is -0.199. The Hall–Kier alpha value is -0.410. The third-order valence-electron chi connectivity index (χ3n) is 1.58. The van der Waals surface area contributed by atoms with Crippen LogP contribution in [0.25, 0.3) is 0 Å². The molecule has 0 unspecified atom stereocenters. The van der Waals surface area contributed by atoms with E-state index in [0.29, 0.717) is 4.47 Å². The Labute approximate surface area is 135 Å². The molecule has 0 aliphatic rings. The van der Waals surface area contributed by atoms with Gasteiger partial charge in [0.25, 0.3) is 0 Å². The van der Waals surface area contributed by atoms with Crippen molar-refractivity contribution in [3.05, 3.63) is 34.1 Å². The van der Waals surface area contributed by atoms with Crippen molar-refractivity contribution in [3.63, 3.8) is 0 Å². The zero-order valence-corrected chi connectivity index (χ0v) is 16.5. The van der Waals surface area contributed by atoms with E-state index in [1.54, 1.807) is 6.07 Å². The van der Waals surface area contributed by atoms with Crippen molar-refractivity contribution in [2.75, 3.05) is 13.6 Å². The van der Waals surface area contributed by atoms with E-state index in [4.69, 9.17) is 0 Å². The van der Waals surface area contributed by atoms with Crippen LogP contribution >= 0.6 is 15.9 Å². The van der Waals surface area contributed by atoms with Crippen molar-refractivity contribution in [1.82, 2.24) is 5.32 Å². The summed E-state index contributed by atoms with van der Waals surface area (Å²) >= 11 is 3.05. The third-order valence-corrected chi connectivity index (χ3v) is 2.22. The van der Waals surface area contributed by atoms with Gasteiger partial charge in [0, 0.05) is 0 Å². The van der Waals surface area contributed by atoms with Gasteiger partial charge >= 0.3 is 0 Å². The van der Waals surface area contributed by atoms with Crippen molar-refractivity contribution < 1.29 is 4.39 Å². The molecule has 0 spiro atoms. The van der Waals surface area contributed by atoms with Crippen LogP contribution in [0.15, 0.2) is 22.7 Å². The van der Waals surface area contributed by atoms with Crippen LogP contribution in [-0.2, 0) is 0 Å². The highest BCUT2D eigenvalue weighted by molar-refractivity contribution is 9.10. The highest BCUT2D eigenvalue weighted by Crippen LogP contribution is 2.15. The van der Waals surface area contributed by atoms with Gasteiger partial charge in [-0.25, -0.2) is 4.39 Å². The van der Waals surface area contributed by atoms with Gasteiger partial charge in [0.2, 0.25) is 0 Å². The minimum Gasteiger partial charge on any atom is -0.320 e. The van der Waals surface area contributed by atoms with Crippen LogP contribution in [0, 0.1) is 12.7 Å². The molecule has 1 aromatic carbocycles. The molecule has 0 atom stereocenters. The van der Waals surface area contributed by atoms with E-state index in [1.165, 1.54) is 12.5 Å². The largest absolute Gasteiger partial charge is 0.320 e. The fourth-order valence-corrected chi connectivity index (χ4v) is 1.10. The van der Waals surface area contributed by atoms with E-state index >= 15 is 0 Å². The van der Waals surface area contributed by atoms with Gasteiger partial charge in [0.15, 0.2) is 0 Å². The average Bonchev–Trinajstić information content (AvgIpc) is 2.51. The summed E-state index contributed by atoms with van der Waals surface area (Å²) in [7, 11) is 1.96. The Morgan fingerprint density at radius 2 is 1.50 bits per heavy atom. The highest BCUT2D eigenvalue weighted by atomic mass is 79.9. The van der Waals surface area contributed by atoms with Crippen LogP contribution in [0.1, 0.15) is 60.5 Å². The van der Waals surface area contributed by atoms with Gasteiger partial charge < -0.3 is 5.32 Å². The van der Waals surface area contributed by atoms with Gasteiger partial charge in [-0.2, -0.15) is 0 Å². The molecule has 0 bridgehead atoms. The summed E-state index contributed by atoms with van der Waals surface area (Å²) in [6.45, 7) is 17.1.